The van der Waals surface area contributed by atoms with Crippen molar-refractivity contribution in [1.29, 1.82) is 0 Å². The summed E-state index contributed by atoms with van der Waals surface area (Å²) >= 11 is 5.92. The van der Waals surface area contributed by atoms with Crippen molar-refractivity contribution in [2.75, 3.05) is 5.73 Å². The molecule has 1 unspecified atom stereocenters. The molecule has 0 spiro atoms. The van der Waals surface area contributed by atoms with E-state index >= 15 is 0 Å². The molecule has 0 bridgehead atoms. The highest BCUT2D eigenvalue weighted by Crippen LogP contribution is 2.25. The lowest BCUT2D eigenvalue weighted by atomic mass is 10.1. The Bertz CT molecular complexity index is 751. The summed E-state index contributed by atoms with van der Waals surface area (Å²) in [6.07, 6.45) is 0. The second kappa shape index (κ2) is 5.54. The molecular weight excluding hydrogens is 286 g/mol. The van der Waals surface area contributed by atoms with Crippen LogP contribution in [0.5, 0.6) is 0 Å². The number of hydrogen-bond acceptors (Lipinski definition) is 4. The van der Waals surface area contributed by atoms with Crippen molar-refractivity contribution in [2.24, 2.45) is 0 Å². The fraction of sp³-hybridized carbons (Fsp3) is 0.133. The van der Waals surface area contributed by atoms with E-state index in [1.807, 2.05) is 55.5 Å². The van der Waals surface area contributed by atoms with E-state index in [-0.39, 0.29) is 6.04 Å². The molecule has 6 heteroatoms. The van der Waals surface area contributed by atoms with Crippen LogP contribution < -0.4 is 5.73 Å². The molecular formula is C15H14ClN5. The minimum atomic E-state index is -0.00584. The van der Waals surface area contributed by atoms with Gasteiger partial charge in [-0.3, -0.25) is 0 Å². The number of nitrogen functional groups attached to an aromatic ring is 1. The quantitative estimate of drug-likeness (QED) is 0.754. The zero-order chi connectivity index (χ0) is 14.8. The number of halogens is 1. The van der Waals surface area contributed by atoms with Gasteiger partial charge in [0, 0.05) is 16.3 Å². The first-order chi connectivity index (χ1) is 10.1. The third-order valence-electron chi connectivity index (χ3n) is 3.36. The van der Waals surface area contributed by atoms with Crippen molar-refractivity contribution in [1.82, 2.24) is 20.2 Å². The maximum atomic E-state index is 5.92. The Kier molecular flexibility index (Phi) is 3.58. The molecule has 0 aliphatic carbocycles. The molecule has 106 valence electrons. The fourth-order valence-corrected chi connectivity index (χ4v) is 2.33. The van der Waals surface area contributed by atoms with Crippen LogP contribution in [0.4, 0.5) is 5.69 Å². The average Bonchev–Trinajstić information content (AvgIpc) is 2.97. The van der Waals surface area contributed by atoms with E-state index in [1.165, 1.54) is 0 Å². The van der Waals surface area contributed by atoms with Crippen LogP contribution in [0.15, 0.2) is 48.5 Å². The van der Waals surface area contributed by atoms with E-state index in [1.54, 1.807) is 4.68 Å². The Labute approximate surface area is 127 Å². The molecule has 0 fully saturated rings. The maximum Gasteiger partial charge on any atom is 0.182 e. The lowest BCUT2D eigenvalue weighted by Gasteiger charge is -2.14. The largest absolute Gasteiger partial charge is 0.399 e. The molecule has 0 saturated carbocycles. The molecule has 0 aliphatic heterocycles. The summed E-state index contributed by atoms with van der Waals surface area (Å²) in [5, 5.41) is 12.7. The maximum absolute atomic E-state index is 5.92. The van der Waals surface area contributed by atoms with Crippen LogP contribution in [-0.2, 0) is 0 Å². The molecule has 0 radical (unpaired) electrons. The number of aromatic nitrogens is 4. The Morgan fingerprint density at radius 1 is 1.14 bits per heavy atom. The monoisotopic (exact) mass is 299 g/mol. The van der Waals surface area contributed by atoms with Gasteiger partial charge in [0.15, 0.2) is 5.82 Å². The highest BCUT2D eigenvalue weighted by atomic mass is 35.5. The van der Waals surface area contributed by atoms with Crippen LogP contribution in [0.3, 0.4) is 0 Å². The van der Waals surface area contributed by atoms with E-state index < -0.39 is 0 Å². The molecule has 21 heavy (non-hydrogen) atoms. The topological polar surface area (TPSA) is 69.6 Å². The Balaban J connectivity index is 2.00. The summed E-state index contributed by atoms with van der Waals surface area (Å²) in [6.45, 7) is 2.04. The van der Waals surface area contributed by atoms with Gasteiger partial charge in [0.2, 0.25) is 0 Å². The standard InChI is InChI=1S/C15H14ClN5/c1-10(11-5-7-13(16)8-6-11)21-15(18-19-20-21)12-3-2-4-14(17)9-12/h2-10H,17H2,1H3. The second-order valence-electron chi connectivity index (χ2n) is 4.80. The van der Waals surface area contributed by atoms with Crippen LogP contribution in [-0.4, -0.2) is 20.2 Å². The molecule has 1 aromatic heterocycles. The summed E-state index contributed by atoms with van der Waals surface area (Å²) in [7, 11) is 0. The predicted molar refractivity (Wildman–Crippen MR) is 82.9 cm³/mol. The minimum absolute atomic E-state index is 0.00584. The molecule has 0 amide bonds. The van der Waals surface area contributed by atoms with Gasteiger partial charge < -0.3 is 5.73 Å². The molecule has 2 aromatic carbocycles. The summed E-state index contributed by atoms with van der Waals surface area (Å²) in [5.41, 5.74) is 8.48. The lowest BCUT2D eigenvalue weighted by molar-refractivity contribution is 0.548. The normalized spacial score (nSPS) is 12.3. The fourth-order valence-electron chi connectivity index (χ4n) is 2.20. The van der Waals surface area contributed by atoms with Gasteiger partial charge in [-0.15, -0.1) is 5.10 Å². The third-order valence-corrected chi connectivity index (χ3v) is 3.61. The van der Waals surface area contributed by atoms with Crippen molar-refractivity contribution < 1.29 is 0 Å². The van der Waals surface area contributed by atoms with Crippen LogP contribution in [0.25, 0.3) is 11.4 Å². The molecule has 3 aromatic rings. The van der Waals surface area contributed by atoms with Gasteiger partial charge in [-0.25, -0.2) is 4.68 Å². The van der Waals surface area contributed by atoms with E-state index in [9.17, 15) is 0 Å². The summed E-state index contributed by atoms with van der Waals surface area (Å²) in [4.78, 5) is 0. The Hall–Kier alpha value is -2.40. The highest BCUT2D eigenvalue weighted by Gasteiger charge is 2.16. The number of hydrogen-bond donors (Lipinski definition) is 1. The first-order valence-electron chi connectivity index (χ1n) is 6.54. The van der Waals surface area contributed by atoms with Crippen LogP contribution >= 0.6 is 11.6 Å². The van der Waals surface area contributed by atoms with Crippen molar-refractivity contribution in [3.63, 3.8) is 0 Å². The summed E-state index contributed by atoms with van der Waals surface area (Å²) in [6, 6.07) is 15.2. The second-order valence-corrected chi connectivity index (χ2v) is 5.24. The van der Waals surface area contributed by atoms with Gasteiger partial charge in [0.25, 0.3) is 0 Å². The van der Waals surface area contributed by atoms with E-state index in [0.29, 0.717) is 16.5 Å². The van der Waals surface area contributed by atoms with Crippen LogP contribution in [0.2, 0.25) is 5.02 Å². The number of benzene rings is 2. The van der Waals surface area contributed by atoms with Gasteiger partial charge in [-0.2, -0.15) is 0 Å². The zero-order valence-electron chi connectivity index (χ0n) is 11.4. The van der Waals surface area contributed by atoms with Gasteiger partial charge >= 0.3 is 0 Å². The number of anilines is 1. The number of nitrogens with zero attached hydrogens (tertiary/aromatic N) is 4. The van der Waals surface area contributed by atoms with Gasteiger partial charge in [0.1, 0.15) is 0 Å². The third kappa shape index (κ3) is 2.73. The van der Waals surface area contributed by atoms with Crippen molar-refractivity contribution >= 4 is 17.3 Å². The average molecular weight is 300 g/mol. The van der Waals surface area contributed by atoms with Crippen molar-refractivity contribution in [3.05, 3.63) is 59.1 Å². The highest BCUT2D eigenvalue weighted by molar-refractivity contribution is 6.30. The Morgan fingerprint density at radius 2 is 1.90 bits per heavy atom. The predicted octanol–water partition coefficient (Wildman–Crippen LogP) is 3.19. The van der Waals surface area contributed by atoms with Crippen LogP contribution in [0, 0.1) is 0 Å². The van der Waals surface area contributed by atoms with Crippen molar-refractivity contribution in [3.8, 4) is 11.4 Å². The molecule has 1 heterocycles. The van der Waals surface area contributed by atoms with E-state index in [4.69, 9.17) is 17.3 Å². The molecule has 0 aliphatic rings. The Morgan fingerprint density at radius 3 is 2.62 bits per heavy atom. The van der Waals surface area contributed by atoms with Gasteiger partial charge in [-0.05, 0) is 47.2 Å². The first kappa shape index (κ1) is 13.6. The van der Waals surface area contributed by atoms with Crippen molar-refractivity contribution in [2.45, 2.75) is 13.0 Å². The zero-order valence-corrected chi connectivity index (χ0v) is 12.2. The molecule has 2 N–H and O–H groups in total. The minimum Gasteiger partial charge on any atom is -0.399 e. The number of rotatable bonds is 3. The van der Waals surface area contributed by atoms with Gasteiger partial charge in [0.05, 0.1) is 6.04 Å². The number of nitrogens with two attached hydrogens (primary N) is 1. The van der Waals surface area contributed by atoms with Gasteiger partial charge in [-0.1, -0.05) is 35.9 Å². The SMILES string of the molecule is CC(c1ccc(Cl)cc1)n1nnnc1-c1cccc(N)c1. The van der Waals surface area contributed by atoms with E-state index in [0.717, 1.165) is 11.1 Å². The first-order valence-corrected chi connectivity index (χ1v) is 6.92. The van der Waals surface area contributed by atoms with Crippen LogP contribution in [0.1, 0.15) is 18.5 Å². The number of tetrazole rings is 1. The molecule has 1 atom stereocenters. The summed E-state index contributed by atoms with van der Waals surface area (Å²) in [5.74, 6) is 0.685. The molecule has 0 saturated heterocycles. The lowest BCUT2D eigenvalue weighted by Crippen LogP contribution is -2.10. The summed E-state index contributed by atoms with van der Waals surface area (Å²) < 4.78 is 1.78. The molecule has 3 rings (SSSR count). The molecule has 5 nitrogen and oxygen atoms in total. The smallest absolute Gasteiger partial charge is 0.182 e. The van der Waals surface area contributed by atoms with E-state index in [2.05, 4.69) is 15.5 Å².